The van der Waals surface area contributed by atoms with E-state index in [-0.39, 0.29) is 5.78 Å². The Bertz CT molecular complexity index is 533. The number of halogens is 2. The number of Topliss-reactive ketones (excluding diaryl/α,β-unsaturated/α-hetero) is 1. The fraction of sp³-hybridized carbons (Fsp3) is 0.200. The molecule has 78 valence electrons. The molecule has 15 heavy (non-hydrogen) atoms. The van der Waals surface area contributed by atoms with E-state index in [4.69, 9.17) is 0 Å². The lowest BCUT2D eigenvalue weighted by molar-refractivity contribution is 0.101. The third-order valence-electron chi connectivity index (χ3n) is 2.16. The van der Waals surface area contributed by atoms with Crippen molar-refractivity contribution in [1.82, 2.24) is 9.38 Å². The van der Waals surface area contributed by atoms with Crippen LogP contribution in [0.4, 0.5) is 0 Å². The van der Waals surface area contributed by atoms with E-state index in [1.807, 2.05) is 10.5 Å². The molecule has 0 N–H and O–H groups in total. The third-order valence-corrected chi connectivity index (χ3v) is 3.53. The Balaban J connectivity index is 2.70. The first-order chi connectivity index (χ1) is 7.13. The van der Waals surface area contributed by atoms with Crippen molar-refractivity contribution in [3.63, 3.8) is 0 Å². The molecule has 2 rings (SSSR count). The van der Waals surface area contributed by atoms with Gasteiger partial charge in [0.2, 0.25) is 0 Å². The van der Waals surface area contributed by atoms with Crippen LogP contribution < -0.4 is 0 Å². The van der Waals surface area contributed by atoms with E-state index in [1.54, 1.807) is 19.2 Å². The first kappa shape index (κ1) is 10.8. The zero-order chi connectivity index (χ0) is 11.0. The van der Waals surface area contributed by atoms with Gasteiger partial charge in [-0.1, -0.05) is 15.9 Å². The molecular formula is C10H8Br2N2O. The van der Waals surface area contributed by atoms with Gasteiger partial charge in [-0.25, -0.2) is 4.98 Å². The van der Waals surface area contributed by atoms with Gasteiger partial charge in [0.05, 0.1) is 5.69 Å². The summed E-state index contributed by atoms with van der Waals surface area (Å²) in [6.07, 6.45) is 1.79. The van der Waals surface area contributed by atoms with Crippen LogP contribution in [0.3, 0.4) is 0 Å². The van der Waals surface area contributed by atoms with E-state index in [0.29, 0.717) is 10.9 Å². The molecule has 2 aromatic rings. The summed E-state index contributed by atoms with van der Waals surface area (Å²) < 4.78 is 2.75. The second kappa shape index (κ2) is 4.06. The van der Waals surface area contributed by atoms with E-state index in [2.05, 4.69) is 36.8 Å². The van der Waals surface area contributed by atoms with Gasteiger partial charge in [-0.3, -0.25) is 9.20 Å². The lowest BCUT2D eigenvalue weighted by Crippen LogP contribution is -1.95. The van der Waals surface area contributed by atoms with Gasteiger partial charge in [0, 0.05) is 17.1 Å². The lowest BCUT2D eigenvalue weighted by Gasteiger charge is -1.98. The number of carbonyl (C=O) groups excluding carboxylic acids is 1. The number of imidazole rings is 1. The number of carbonyl (C=O) groups is 1. The number of hydrogen-bond acceptors (Lipinski definition) is 2. The van der Waals surface area contributed by atoms with E-state index >= 15 is 0 Å². The molecule has 0 aliphatic heterocycles. The minimum absolute atomic E-state index is 0.0536. The Kier molecular flexibility index (Phi) is 2.93. The number of nitrogens with zero attached hydrogens (tertiary/aromatic N) is 2. The molecule has 3 nitrogen and oxygen atoms in total. The Morgan fingerprint density at radius 2 is 2.27 bits per heavy atom. The van der Waals surface area contributed by atoms with Crippen LogP contribution in [0.15, 0.2) is 22.9 Å². The minimum Gasteiger partial charge on any atom is -0.294 e. The second-order valence-corrected chi connectivity index (χ2v) is 4.50. The van der Waals surface area contributed by atoms with E-state index in [0.717, 1.165) is 15.9 Å². The number of rotatable bonds is 2. The van der Waals surface area contributed by atoms with Crippen LogP contribution in [0.5, 0.6) is 0 Å². The van der Waals surface area contributed by atoms with Gasteiger partial charge in [-0.05, 0) is 35.0 Å². The Hall–Kier alpha value is -0.680. The smallest absolute Gasteiger partial charge is 0.161 e. The van der Waals surface area contributed by atoms with Gasteiger partial charge in [-0.2, -0.15) is 0 Å². The maximum absolute atomic E-state index is 11.2. The van der Waals surface area contributed by atoms with Crippen molar-refractivity contribution in [2.75, 3.05) is 0 Å². The summed E-state index contributed by atoms with van der Waals surface area (Å²) >= 11 is 6.82. The highest BCUT2D eigenvalue weighted by Crippen LogP contribution is 2.21. The van der Waals surface area contributed by atoms with Gasteiger partial charge in [0.1, 0.15) is 10.3 Å². The third kappa shape index (κ3) is 1.86. The molecule has 2 heterocycles. The zero-order valence-electron chi connectivity index (χ0n) is 8.00. The quantitative estimate of drug-likeness (QED) is 0.625. The highest BCUT2D eigenvalue weighted by molar-refractivity contribution is 9.10. The van der Waals surface area contributed by atoms with Gasteiger partial charge in [-0.15, -0.1) is 0 Å². The summed E-state index contributed by atoms with van der Waals surface area (Å²) in [5.41, 5.74) is 2.44. The van der Waals surface area contributed by atoms with Crippen LogP contribution in [0, 0.1) is 0 Å². The normalized spacial score (nSPS) is 10.9. The largest absolute Gasteiger partial charge is 0.294 e. The molecule has 0 spiro atoms. The molecule has 0 aliphatic rings. The molecule has 0 unspecified atom stereocenters. The lowest BCUT2D eigenvalue weighted by atomic mass is 10.2. The molecule has 0 bridgehead atoms. The average molecular weight is 332 g/mol. The maximum atomic E-state index is 11.2. The summed E-state index contributed by atoms with van der Waals surface area (Å²) in [6.45, 7) is 1.55. The summed E-state index contributed by atoms with van der Waals surface area (Å²) in [7, 11) is 0. The number of fused-ring (bicyclic) bond motifs is 1. The Labute approximate surface area is 104 Å². The number of aromatic nitrogens is 2. The van der Waals surface area contributed by atoms with Crippen LogP contribution in [-0.2, 0) is 5.33 Å². The highest BCUT2D eigenvalue weighted by atomic mass is 79.9. The average Bonchev–Trinajstić information content (AvgIpc) is 2.55. The van der Waals surface area contributed by atoms with Crippen molar-refractivity contribution < 1.29 is 4.79 Å². The molecule has 0 aromatic carbocycles. The van der Waals surface area contributed by atoms with Crippen molar-refractivity contribution in [2.45, 2.75) is 12.3 Å². The minimum atomic E-state index is 0.0536. The molecule has 0 fully saturated rings. The molecule has 0 aliphatic carbocycles. The SMILES string of the molecule is CC(=O)c1ccc2nc(CBr)c(Br)n2c1. The first-order valence-electron chi connectivity index (χ1n) is 4.37. The highest BCUT2D eigenvalue weighted by Gasteiger charge is 2.09. The molecule has 0 amide bonds. The number of ketones is 1. The van der Waals surface area contributed by atoms with Crippen LogP contribution in [-0.4, -0.2) is 15.2 Å². The fourth-order valence-corrected chi connectivity index (χ4v) is 2.64. The molecule has 0 saturated carbocycles. The summed E-state index contributed by atoms with van der Waals surface area (Å²) in [4.78, 5) is 15.6. The number of pyridine rings is 1. The number of hydrogen-bond donors (Lipinski definition) is 0. The maximum Gasteiger partial charge on any atom is 0.161 e. The summed E-state index contributed by atoms with van der Waals surface area (Å²) in [5.74, 6) is 0.0536. The second-order valence-electron chi connectivity index (χ2n) is 3.19. The molecule has 2 aromatic heterocycles. The van der Waals surface area contributed by atoms with Crippen molar-refractivity contribution >= 4 is 43.3 Å². The van der Waals surface area contributed by atoms with Crippen molar-refractivity contribution in [1.29, 1.82) is 0 Å². The molecular weight excluding hydrogens is 324 g/mol. The van der Waals surface area contributed by atoms with Gasteiger partial charge in [0.25, 0.3) is 0 Å². The monoisotopic (exact) mass is 330 g/mol. The van der Waals surface area contributed by atoms with E-state index < -0.39 is 0 Å². The van der Waals surface area contributed by atoms with Crippen molar-refractivity contribution in [2.24, 2.45) is 0 Å². The standard InChI is InChI=1S/C10H8Br2N2O/c1-6(15)7-2-3-9-13-8(4-11)10(12)14(9)5-7/h2-3,5H,4H2,1H3. The summed E-state index contributed by atoms with van der Waals surface area (Å²) in [6, 6.07) is 3.63. The van der Waals surface area contributed by atoms with Crippen LogP contribution in [0.1, 0.15) is 23.0 Å². The molecule has 0 atom stereocenters. The Morgan fingerprint density at radius 3 is 2.87 bits per heavy atom. The molecule has 0 radical (unpaired) electrons. The molecule has 5 heteroatoms. The van der Waals surface area contributed by atoms with E-state index in [9.17, 15) is 4.79 Å². The zero-order valence-corrected chi connectivity index (χ0v) is 11.2. The predicted octanol–water partition coefficient (Wildman–Crippen LogP) is 3.19. The van der Waals surface area contributed by atoms with Gasteiger partial charge in [0.15, 0.2) is 5.78 Å². The van der Waals surface area contributed by atoms with Crippen LogP contribution in [0.25, 0.3) is 5.65 Å². The van der Waals surface area contributed by atoms with E-state index in [1.165, 1.54) is 0 Å². The molecule has 0 saturated heterocycles. The predicted molar refractivity (Wildman–Crippen MR) is 65.5 cm³/mol. The number of alkyl halides is 1. The summed E-state index contributed by atoms with van der Waals surface area (Å²) in [5, 5.41) is 0.685. The van der Waals surface area contributed by atoms with Crippen molar-refractivity contribution in [3.05, 3.63) is 34.2 Å². The Morgan fingerprint density at radius 1 is 1.53 bits per heavy atom. The fourth-order valence-electron chi connectivity index (χ4n) is 1.36. The van der Waals surface area contributed by atoms with Crippen molar-refractivity contribution in [3.8, 4) is 0 Å². The topological polar surface area (TPSA) is 34.4 Å². The van der Waals surface area contributed by atoms with Crippen LogP contribution in [0.2, 0.25) is 0 Å². The van der Waals surface area contributed by atoms with Crippen LogP contribution >= 0.6 is 31.9 Å². The van der Waals surface area contributed by atoms with Gasteiger partial charge >= 0.3 is 0 Å². The first-order valence-corrected chi connectivity index (χ1v) is 6.28. The van der Waals surface area contributed by atoms with Gasteiger partial charge < -0.3 is 0 Å².